The maximum atomic E-state index is 11.9. The zero-order valence-electron chi connectivity index (χ0n) is 10.0. The highest BCUT2D eigenvalue weighted by molar-refractivity contribution is 6.00. The molecule has 5 nitrogen and oxygen atoms in total. The Kier molecular flexibility index (Phi) is 2.40. The molecule has 5 heteroatoms. The first-order valence-corrected chi connectivity index (χ1v) is 5.92. The van der Waals surface area contributed by atoms with Crippen LogP contribution >= 0.6 is 0 Å². The molecule has 0 saturated carbocycles. The molecule has 92 valence electrons. The summed E-state index contributed by atoms with van der Waals surface area (Å²) in [5.74, 6) is -0.439. The van der Waals surface area contributed by atoms with Crippen LogP contribution in [0.4, 0.5) is 0 Å². The fourth-order valence-electron chi connectivity index (χ4n) is 2.45. The van der Waals surface area contributed by atoms with Crippen LogP contribution in [-0.4, -0.2) is 21.4 Å². The molecule has 1 aromatic carbocycles. The Balaban J connectivity index is 2.09. The summed E-state index contributed by atoms with van der Waals surface area (Å²) in [6, 6.07) is 5.52. The molecular weight excluding hydrogens is 230 g/mol. The number of carbonyl (C=O) groups excluding carboxylic acids is 2. The lowest BCUT2D eigenvalue weighted by molar-refractivity contribution is -0.135. The average molecular weight is 243 g/mol. The minimum absolute atomic E-state index is 0.197. The first-order valence-electron chi connectivity index (χ1n) is 5.92. The molecule has 1 fully saturated rings. The SMILES string of the molecule is Cc1cccc2ncn(C3CCC(=O)NC3=O)c12. The summed E-state index contributed by atoms with van der Waals surface area (Å²) >= 11 is 0. The summed E-state index contributed by atoms with van der Waals surface area (Å²) in [6.45, 7) is 1.99. The molecule has 1 aliphatic rings. The predicted molar refractivity (Wildman–Crippen MR) is 65.9 cm³/mol. The van der Waals surface area contributed by atoms with E-state index in [1.165, 1.54) is 0 Å². The molecule has 0 bridgehead atoms. The smallest absolute Gasteiger partial charge is 0.249 e. The summed E-state index contributed by atoms with van der Waals surface area (Å²) in [6.07, 6.45) is 2.59. The third-order valence-electron chi connectivity index (χ3n) is 3.34. The van der Waals surface area contributed by atoms with Crippen LogP contribution in [0, 0.1) is 6.92 Å². The molecule has 1 unspecified atom stereocenters. The molecule has 0 aliphatic carbocycles. The van der Waals surface area contributed by atoms with Crippen LogP contribution in [0.25, 0.3) is 11.0 Å². The summed E-state index contributed by atoms with van der Waals surface area (Å²) in [5, 5.41) is 2.38. The molecule has 2 aromatic rings. The van der Waals surface area contributed by atoms with Crippen LogP contribution in [0.1, 0.15) is 24.4 Å². The highest BCUT2D eigenvalue weighted by Gasteiger charge is 2.29. The maximum absolute atomic E-state index is 11.9. The Bertz CT molecular complexity index is 645. The fraction of sp³-hybridized carbons (Fsp3) is 0.308. The van der Waals surface area contributed by atoms with Crippen LogP contribution in [-0.2, 0) is 9.59 Å². The van der Waals surface area contributed by atoms with E-state index < -0.39 is 0 Å². The quantitative estimate of drug-likeness (QED) is 0.768. The van der Waals surface area contributed by atoms with Crippen molar-refractivity contribution in [2.45, 2.75) is 25.8 Å². The van der Waals surface area contributed by atoms with Crippen molar-refractivity contribution in [3.05, 3.63) is 30.1 Å². The standard InChI is InChI=1S/C13H13N3O2/c1-8-3-2-4-9-12(8)16(7-14-9)10-5-6-11(17)15-13(10)18/h2-4,7,10H,5-6H2,1H3,(H,15,17,18). The number of aryl methyl sites for hydroxylation is 1. The van der Waals surface area contributed by atoms with Gasteiger partial charge in [-0.1, -0.05) is 12.1 Å². The summed E-state index contributed by atoms with van der Waals surface area (Å²) in [4.78, 5) is 27.3. The Labute approximate surface area is 104 Å². The molecule has 3 rings (SSSR count). The van der Waals surface area contributed by atoms with Crippen LogP contribution in [0.5, 0.6) is 0 Å². The van der Waals surface area contributed by atoms with Crippen molar-refractivity contribution >= 4 is 22.8 Å². The number of imidazole rings is 1. The molecule has 2 amide bonds. The van der Waals surface area contributed by atoms with Crippen molar-refractivity contribution in [1.82, 2.24) is 14.9 Å². The van der Waals surface area contributed by atoms with Crippen molar-refractivity contribution in [2.75, 3.05) is 0 Å². The number of carbonyl (C=O) groups is 2. The molecular formula is C13H13N3O2. The molecule has 0 radical (unpaired) electrons. The van der Waals surface area contributed by atoms with Crippen molar-refractivity contribution < 1.29 is 9.59 Å². The highest BCUT2D eigenvalue weighted by Crippen LogP contribution is 2.25. The zero-order valence-corrected chi connectivity index (χ0v) is 10.0. The molecule has 18 heavy (non-hydrogen) atoms. The Morgan fingerprint density at radius 2 is 2.22 bits per heavy atom. The van der Waals surface area contributed by atoms with E-state index in [2.05, 4.69) is 10.3 Å². The number of aromatic nitrogens is 2. The van der Waals surface area contributed by atoms with E-state index in [-0.39, 0.29) is 17.9 Å². The van der Waals surface area contributed by atoms with Gasteiger partial charge in [0.05, 0.1) is 17.4 Å². The Hall–Kier alpha value is -2.17. The number of amides is 2. The summed E-state index contributed by atoms with van der Waals surface area (Å²) in [5.41, 5.74) is 2.92. The summed E-state index contributed by atoms with van der Waals surface area (Å²) in [7, 11) is 0. The number of hydrogen-bond donors (Lipinski definition) is 1. The van der Waals surface area contributed by atoms with Crippen molar-refractivity contribution in [3.8, 4) is 0 Å². The fourth-order valence-corrected chi connectivity index (χ4v) is 2.45. The third-order valence-corrected chi connectivity index (χ3v) is 3.34. The molecule has 2 heterocycles. The van der Waals surface area contributed by atoms with E-state index in [1.807, 2.05) is 29.7 Å². The number of para-hydroxylation sites is 1. The van der Waals surface area contributed by atoms with Gasteiger partial charge in [-0.15, -0.1) is 0 Å². The van der Waals surface area contributed by atoms with Crippen molar-refractivity contribution in [2.24, 2.45) is 0 Å². The second-order valence-corrected chi connectivity index (χ2v) is 4.56. The molecule has 1 aromatic heterocycles. The number of hydrogen-bond acceptors (Lipinski definition) is 3. The second kappa shape index (κ2) is 3.94. The van der Waals surface area contributed by atoms with Crippen molar-refractivity contribution in [1.29, 1.82) is 0 Å². The molecule has 1 aliphatic heterocycles. The Morgan fingerprint density at radius 3 is 3.00 bits per heavy atom. The van der Waals surface area contributed by atoms with Gasteiger partial charge in [-0.3, -0.25) is 14.9 Å². The monoisotopic (exact) mass is 243 g/mol. The van der Waals surface area contributed by atoms with Gasteiger partial charge in [0.1, 0.15) is 6.04 Å². The van der Waals surface area contributed by atoms with E-state index in [0.29, 0.717) is 12.8 Å². The molecule has 1 saturated heterocycles. The molecule has 0 spiro atoms. The van der Waals surface area contributed by atoms with Gasteiger partial charge < -0.3 is 4.57 Å². The lowest BCUT2D eigenvalue weighted by atomic mass is 10.1. The second-order valence-electron chi connectivity index (χ2n) is 4.56. The summed E-state index contributed by atoms with van der Waals surface area (Å²) < 4.78 is 1.87. The Morgan fingerprint density at radius 1 is 1.39 bits per heavy atom. The van der Waals surface area contributed by atoms with Crippen LogP contribution < -0.4 is 5.32 Å². The van der Waals surface area contributed by atoms with E-state index in [9.17, 15) is 9.59 Å². The molecule has 1 atom stereocenters. The normalized spacial score (nSPS) is 20.2. The van der Waals surface area contributed by atoms with Crippen LogP contribution in [0.3, 0.4) is 0 Å². The van der Waals surface area contributed by atoms with Gasteiger partial charge in [0.2, 0.25) is 11.8 Å². The zero-order chi connectivity index (χ0) is 12.7. The average Bonchev–Trinajstić information content (AvgIpc) is 2.74. The third kappa shape index (κ3) is 1.59. The number of rotatable bonds is 1. The van der Waals surface area contributed by atoms with E-state index in [4.69, 9.17) is 0 Å². The predicted octanol–water partition coefficient (Wildman–Crippen LogP) is 1.32. The number of fused-ring (bicyclic) bond motifs is 1. The lowest BCUT2D eigenvalue weighted by Crippen LogP contribution is -2.41. The van der Waals surface area contributed by atoms with Crippen LogP contribution in [0.15, 0.2) is 24.5 Å². The van der Waals surface area contributed by atoms with Gasteiger partial charge >= 0.3 is 0 Å². The highest BCUT2D eigenvalue weighted by atomic mass is 16.2. The van der Waals surface area contributed by atoms with Gasteiger partial charge in [-0.05, 0) is 25.0 Å². The van der Waals surface area contributed by atoms with E-state index in [1.54, 1.807) is 6.33 Å². The maximum Gasteiger partial charge on any atom is 0.249 e. The lowest BCUT2D eigenvalue weighted by Gasteiger charge is -2.22. The van der Waals surface area contributed by atoms with Gasteiger partial charge in [-0.25, -0.2) is 4.98 Å². The van der Waals surface area contributed by atoms with E-state index >= 15 is 0 Å². The first-order chi connectivity index (χ1) is 8.66. The molecule has 1 N–H and O–H groups in total. The number of nitrogens with zero attached hydrogens (tertiary/aromatic N) is 2. The number of nitrogens with one attached hydrogen (secondary N) is 1. The van der Waals surface area contributed by atoms with Crippen molar-refractivity contribution in [3.63, 3.8) is 0 Å². The number of benzene rings is 1. The minimum atomic E-state index is -0.339. The number of imide groups is 1. The van der Waals surface area contributed by atoms with Gasteiger partial charge in [0, 0.05) is 6.42 Å². The van der Waals surface area contributed by atoms with Gasteiger partial charge in [0.25, 0.3) is 0 Å². The van der Waals surface area contributed by atoms with Gasteiger partial charge in [-0.2, -0.15) is 0 Å². The van der Waals surface area contributed by atoms with E-state index in [0.717, 1.165) is 16.6 Å². The topological polar surface area (TPSA) is 64.0 Å². The van der Waals surface area contributed by atoms with Gasteiger partial charge in [0.15, 0.2) is 0 Å². The van der Waals surface area contributed by atoms with Crippen LogP contribution in [0.2, 0.25) is 0 Å². The number of piperidine rings is 1. The first kappa shape index (κ1) is 11.0. The minimum Gasteiger partial charge on any atom is -0.318 e. The largest absolute Gasteiger partial charge is 0.318 e.